The number of likely N-dealkylation sites (tertiary alicyclic amines) is 1. The van der Waals surface area contributed by atoms with Crippen LogP contribution in [-0.4, -0.2) is 47.7 Å². The summed E-state index contributed by atoms with van der Waals surface area (Å²) in [5.41, 5.74) is 1.13. The fraction of sp³-hybridized carbons (Fsp3) is 0.615. The van der Waals surface area contributed by atoms with E-state index in [-0.39, 0.29) is 11.9 Å². The fourth-order valence-electron chi connectivity index (χ4n) is 2.24. The normalized spacial score (nSPS) is 24.6. The second kappa shape index (κ2) is 5.93. The van der Waals surface area contributed by atoms with E-state index < -0.39 is 6.10 Å². The number of carbonyl (C=O) groups excluding carboxylic acids is 1. The molecule has 0 aliphatic carbocycles. The van der Waals surface area contributed by atoms with Crippen LogP contribution in [0, 0.1) is 0 Å². The van der Waals surface area contributed by atoms with Crippen molar-refractivity contribution in [1.82, 2.24) is 4.90 Å². The lowest BCUT2D eigenvalue weighted by atomic mass is 10.2. The number of ketones is 1. The van der Waals surface area contributed by atoms with Gasteiger partial charge in [-0.2, -0.15) is 0 Å². The van der Waals surface area contributed by atoms with Gasteiger partial charge in [-0.25, -0.2) is 0 Å². The quantitative estimate of drug-likeness (QED) is 0.824. The standard InChI is InChI=1S/C13H19NO3S/c1-3-17-12-7-14(6-11(12)16)5-10-4-13(9(2)15)18-8-10/h4,8,11-12,16H,3,5-7H2,1-2H3/t11-,12-/m0/s1. The van der Waals surface area contributed by atoms with Gasteiger partial charge in [-0.15, -0.1) is 11.3 Å². The first kappa shape index (κ1) is 13.7. The lowest BCUT2D eigenvalue weighted by molar-refractivity contribution is -0.00244. The summed E-state index contributed by atoms with van der Waals surface area (Å²) < 4.78 is 5.48. The zero-order valence-corrected chi connectivity index (χ0v) is 11.6. The first-order valence-electron chi connectivity index (χ1n) is 6.20. The lowest BCUT2D eigenvalue weighted by Crippen LogP contribution is -2.26. The zero-order chi connectivity index (χ0) is 13.1. The number of hydrogen-bond acceptors (Lipinski definition) is 5. The molecule has 0 spiro atoms. The summed E-state index contributed by atoms with van der Waals surface area (Å²) in [7, 11) is 0. The van der Waals surface area contributed by atoms with Gasteiger partial charge in [-0.1, -0.05) is 0 Å². The van der Waals surface area contributed by atoms with Crippen LogP contribution >= 0.6 is 11.3 Å². The fourth-order valence-corrected chi connectivity index (χ4v) is 3.05. The summed E-state index contributed by atoms with van der Waals surface area (Å²) in [6.45, 7) is 6.30. The number of rotatable bonds is 5. The average Bonchev–Trinajstić information content (AvgIpc) is 2.88. The van der Waals surface area contributed by atoms with Gasteiger partial charge in [-0.3, -0.25) is 9.69 Å². The molecular formula is C13H19NO3S. The van der Waals surface area contributed by atoms with Crippen LogP contribution in [0.25, 0.3) is 0 Å². The minimum Gasteiger partial charge on any atom is -0.389 e. The molecule has 1 N–H and O–H groups in total. The van der Waals surface area contributed by atoms with Crippen LogP contribution in [0.5, 0.6) is 0 Å². The van der Waals surface area contributed by atoms with Gasteiger partial charge in [0.1, 0.15) is 0 Å². The van der Waals surface area contributed by atoms with E-state index in [1.165, 1.54) is 11.3 Å². The van der Waals surface area contributed by atoms with Crippen molar-refractivity contribution in [2.75, 3.05) is 19.7 Å². The second-order valence-corrected chi connectivity index (χ2v) is 5.54. The summed E-state index contributed by atoms with van der Waals surface area (Å²) in [5.74, 6) is 0.111. The van der Waals surface area contributed by atoms with Gasteiger partial charge in [0, 0.05) is 26.2 Å². The SMILES string of the molecule is CCO[C@H]1CN(Cc2csc(C(C)=O)c2)C[C@@H]1O. The molecule has 2 heterocycles. The van der Waals surface area contributed by atoms with E-state index in [4.69, 9.17) is 4.74 Å². The van der Waals surface area contributed by atoms with Gasteiger partial charge in [0.25, 0.3) is 0 Å². The highest BCUT2D eigenvalue weighted by Crippen LogP contribution is 2.20. The van der Waals surface area contributed by atoms with E-state index in [0.29, 0.717) is 13.2 Å². The summed E-state index contributed by atoms with van der Waals surface area (Å²) in [5, 5.41) is 11.9. The van der Waals surface area contributed by atoms with E-state index in [1.54, 1.807) is 6.92 Å². The van der Waals surface area contributed by atoms with Crippen molar-refractivity contribution in [2.24, 2.45) is 0 Å². The molecule has 0 unspecified atom stereocenters. The summed E-state index contributed by atoms with van der Waals surface area (Å²) in [6, 6.07) is 1.94. The monoisotopic (exact) mass is 269 g/mol. The highest BCUT2D eigenvalue weighted by atomic mass is 32.1. The molecule has 0 aromatic carbocycles. The molecule has 1 aromatic heterocycles. The zero-order valence-electron chi connectivity index (χ0n) is 10.8. The largest absolute Gasteiger partial charge is 0.389 e. The first-order valence-corrected chi connectivity index (χ1v) is 7.08. The van der Waals surface area contributed by atoms with Crippen molar-refractivity contribution in [3.8, 4) is 0 Å². The van der Waals surface area contributed by atoms with Crippen LogP contribution in [0.15, 0.2) is 11.4 Å². The Balaban J connectivity index is 1.92. The number of hydrogen-bond donors (Lipinski definition) is 1. The Morgan fingerprint density at radius 1 is 1.61 bits per heavy atom. The van der Waals surface area contributed by atoms with E-state index in [0.717, 1.165) is 23.5 Å². The molecule has 0 amide bonds. The number of ether oxygens (including phenoxy) is 1. The molecule has 1 aliphatic heterocycles. The third-order valence-electron chi connectivity index (χ3n) is 3.10. The van der Waals surface area contributed by atoms with Gasteiger partial charge in [0.2, 0.25) is 0 Å². The van der Waals surface area contributed by atoms with E-state index >= 15 is 0 Å². The third kappa shape index (κ3) is 3.17. The Hall–Kier alpha value is -0.750. The van der Waals surface area contributed by atoms with Gasteiger partial charge < -0.3 is 9.84 Å². The Morgan fingerprint density at radius 2 is 2.39 bits per heavy atom. The maximum Gasteiger partial charge on any atom is 0.169 e. The summed E-state index contributed by atoms with van der Waals surface area (Å²) >= 11 is 1.48. The third-order valence-corrected chi connectivity index (χ3v) is 4.18. The molecule has 100 valence electrons. The van der Waals surface area contributed by atoms with Crippen molar-refractivity contribution in [3.63, 3.8) is 0 Å². The van der Waals surface area contributed by atoms with Crippen molar-refractivity contribution < 1.29 is 14.6 Å². The predicted molar refractivity (Wildman–Crippen MR) is 71.0 cm³/mol. The molecular weight excluding hydrogens is 250 g/mol. The molecule has 2 rings (SSSR count). The van der Waals surface area contributed by atoms with E-state index in [2.05, 4.69) is 4.90 Å². The Labute approximate surface area is 111 Å². The number of thiophene rings is 1. The van der Waals surface area contributed by atoms with Gasteiger partial charge >= 0.3 is 0 Å². The molecule has 4 nitrogen and oxygen atoms in total. The number of β-amino-alcohol motifs (C(OH)–C–C–N with tert-alkyl or cyclic N) is 1. The topological polar surface area (TPSA) is 49.8 Å². The van der Waals surface area contributed by atoms with Gasteiger partial charge in [-0.05, 0) is 30.9 Å². The molecule has 1 saturated heterocycles. The Bertz CT molecular complexity index is 418. The first-order chi connectivity index (χ1) is 8.60. The van der Waals surface area contributed by atoms with Crippen LogP contribution in [0.4, 0.5) is 0 Å². The maximum absolute atomic E-state index is 11.2. The lowest BCUT2D eigenvalue weighted by Gasteiger charge is -2.14. The Kier molecular flexibility index (Phi) is 4.50. The van der Waals surface area contributed by atoms with Crippen LogP contribution in [0.2, 0.25) is 0 Å². The molecule has 1 aliphatic rings. The van der Waals surface area contributed by atoms with Crippen LogP contribution < -0.4 is 0 Å². The molecule has 18 heavy (non-hydrogen) atoms. The Morgan fingerprint density at radius 3 is 3.00 bits per heavy atom. The number of Topliss-reactive ketones (excluding diaryl/α,β-unsaturated/α-hetero) is 1. The molecule has 1 aromatic rings. The molecule has 2 atom stereocenters. The molecule has 5 heteroatoms. The van der Waals surface area contributed by atoms with Gasteiger partial charge in [0.15, 0.2) is 5.78 Å². The molecule has 1 fully saturated rings. The number of aliphatic hydroxyl groups is 1. The highest BCUT2D eigenvalue weighted by Gasteiger charge is 2.31. The van der Waals surface area contributed by atoms with Gasteiger partial charge in [0.05, 0.1) is 17.1 Å². The van der Waals surface area contributed by atoms with Crippen LogP contribution in [-0.2, 0) is 11.3 Å². The predicted octanol–water partition coefficient (Wildman–Crippen LogP) is 1.53. The minimum absolute atomic E-state index is 0.0825. The van der Waals surface area contributed by atoms with Crippen molar-refractivity contribution in [2.45, 2.75) is 32.6 Å². The van der Waals surface area contributed by atoms with Crippen LogP contribution in [0.3, 0.4) is 0 Å². The number of carbonyl (C=O) groups is 1. The summed E-state index contributed by atoms with van der Waals surface area (Å²) in [6.07, 6.45) is -0.489. The minimum atomic E-state index is -0.407. The summed E-state index contributed by atoms with van der Waals surface area (Å²) in [4.78, 5) is 14.2. The van der Waals surface area contributed by atoms with Crippen LogP contribution in [0.1, 0.15) is 29.1 Å². The van der Waals surface area contributed by atoms with Crippen molar-refractivity contribution >= 4 is 17.1 Å². The molecule has 0 radical (unpaired) electrons. The van der Waals surface area contributed by atoms with E-state index in [9.17, 15) is 9.90 Å². The number of aliphatic hydroxyl groups excluding tert-OH is 1. The number of nitrogens with zero attached hydrogens (tertiary/aromatic N) is 1. The second-order valence-electron chi connectivity index (χ2n) is 4.63. The van der Waals surface area contributed by atoms with Crippen molar-refractivity contribution in [3.05, 3.63) is 21.9 Å². The van der Waals surface area contributed by atoms with E-state index in [1.807, 2.05) is 18.4 Å². The van der Waals surface area contributed by atoms with Crippen molar-refractivity contribution in [1.29, 1.82) is 0 Å². The smallest absolute Gasteiger partial charge is 0.169 e. The average molecular weight is 269 g/mol. The highest BCUT2D eigenvalue weighted by molar-refractivity contribution is 7.12. The molecule has 0 bridgehead atoms. The molecule has 0 saturated carbocycles. The maximum atomic E-state index is 11.2.